The normalized spacial score (nSPS) is 10.4. The Labute approximate surface area is 112 Å². The molecule has 0 aliphatic carbocycles. The number of rotatable bonds is 4. The van der Waals surface area contributed by atoms with Crippen LogP contribution in [0, 0.1) is 6.92 Å². The molecule has 0 unspecified atom stereocenters. The predicted octanol–water partition coefficient (Wildman–Crippen LogP) is 1.28. The van der Waals surface area contributed by atoms with Gasteiger partial charge < -0.3 is 11.1 Å². The van der Waals surface area contributed by atoms with Crippen LogP contribution < -0.4 is 11.1 Å². The molecular weight excluding hydrogens is 240 g/mol. The molecule has 1 amide bonds. The molecule has 0 aliphatic rings. The Morgan fingerprint density at radius 2 is 2.21 bits per heavy atom. The third-order valence-corrected chi connectivity index (χ3v) is 2.97. The summed E-state index contributed by atoms with van der Waals surface area (Å²) in [5, 5.41) is 7.13. The molecule has 0 aliphatic heterocycles. The van der Waals surface area contributed by atoms with Gasteiger partial charge in [0.2, 0.25) is 0 Å². The molecule has 1 heterocycles. The second kappa shape index (κ2) is 5.56. The maximum atomic E-state index is 11.9. The largest absolute Gasteiger partial charge is 0.399 e. The first-order valence-electron chi connectivity index (χ1n) is 6.19. The summed E-state index contributed by atoms with van der Waals surface area (Å²) in [4.78, 5) is 11.9. The Morgan fingerprint density at radius 1 is 1.42 bits per heavy atom. The van der Waals surface area contributed by atoms with E-state index in [1.54, 1.807) is 22.9 Å². The summed E-state index contributed by atoms with van der Waals surface area (Å²) in [6.07, 6.45) is 2.61. The smallest absolute Gasteiger partial charge is 0.251 e. The molecular formula is C14H18N4O. The summed E-state index contributed by atoms with van der Waals surface area (Å²) in [5.41, 5.74) is 8.94. The molecule has 0 atom stereocenters. The molecule has 2 rings (SSSR count). The van der Waals surface area contributed by atoms with Crippen molar-refractivity contribution in [3.8, 4) is 0 Å². The van der Waals surface area contributed by atoms with Gasteiger partial charge in [-0.1, -0.05) is 0 Å². The monoisotopic (exact) mass is 258 g/mol. The molecule has 0 radical (unpaired) electrons. The van der Waals surface area contributed by atoms with Gasteiger partial charge in [0.1, 0.15) is 0 Å². The van der Waals surface area contributed by atoms with E-state index in [2.05, 4.69) is 10.4 Å². The highest BCUT2D eigenvalue weighted by Crippen LogP contribution is 2.12. The molecule has 19 heavy (non-hydrogen) atoms. The summed E-state index contributed by atoms with van der Waals surface area (Å²) >= 11 is 0. The minimum atomic E-state index is -0.0842. The SMILES string of the molecule is Cc1cc(C(=O)NCCc2ccn(C)n2)ccc1N. The van der Waals surface area contributed by atoms with Gasteiger partial charge in [-0.2, -0.15) is 5.10 Å². The van der Waals surface area contributed by atoms with Gasteiger partial charge in [0.05, 0.1) is 5.69 Å². The molecule has 0 spiro atoms. The van der Waals surface area contributed by atoms with Gasteiger partial charge in [-0.25, -0.2) is 0 Å². The third kappa shape index (κ3) is 3.34. The van der Waals surface area contributed by atoms with Crippen molar-refractivity contribution < 1.29 is 4.79 Å². The van der Waals surface area contributed by atoms with Gasteiger partial charge in [-0.3, -0.25) is 9.48 Å². The van der Waals surface area contributed by atoms with Gasteiger partial charge in [0, 0.05) is 37.5 Å². The van der Waals surface area contributed by atoms with Crippen molar-refractivity contribution in [3.63, 3.8) is 0 Å². The first-order chi connectivity index (χ1) is 9.06. The summed E-state index contributed by atoms with van der Waals surface area (Å²) in [5.74, 6) is -0.0842. The first kappa shape index (κ1) is 13.1. The lowest BCUT2D eigenvalue weighted by molar-refractivity contribution is 0.0954. The fourth-order valence-corrected chi connectivity index (χ4v) is 1.82. The van der Waals surface area contributed by atoms with Gasteiger partial charge in [-0.15, -0.1) is 0 Å². The molecule has 100 valence electrons. The summed E-state index contributed by atoms with van der Waals surface area (Å²) in [7, 11) is 1.87. The average Bonchev–Trinajstić information content (AvgIpc) is 2.78. The second-order valence-electron chi connectivity index (χ2n) is 4.56. The number of nitrogens with two attached hydrogens (primary N) is 1. The van der Waals surface area contributed by atoms with Crippen LogP contribution in [0.1, 0.15) is 21.6 Å². The predicted molar refractivity (Wildman–Crippen MR) is 74.8 cm³/mol. The van der Waals surface area contributed by atoms with E-state index in [4.69, 9.17) is 5.73 Å². The topological polar surface area (TPSA) is 72.9 Å². The number of anilines is 1. The molecule has 1 aromatic carbocycles. The van der Waals surface area contributed by atoms with Crippen LogP contribution in [-0.2, 0) is 13.5 Å². The maximum Gasteiger partial charge on any atom is 0.251 e. The van der Waals surface area contributed by atoms with Crippen LogP contribution in [0.2, 0.25) is 0 Å². The van der Waals surface area contributed by atoms with E-state index in [9.17, 15) is 4.79 Å². The van der Waals surface area contributed by atoms with Gasteiger partial charge in [-0.05, 0) is 36.8 Å². The Bertz CT molecular complexity index is 589. The van der Waals surface area contributed by atoms with E-state index in [1.165, 1.54) is 0 Å². The Balaban J connectivity index is 1.89. The highest BCUT2D eigenvalue weighted by molar-refractivity contribution is 5.94. The standard InChI is InChI=1S/C14H18N4O/c1-10-9-11(3-4-13(10)15)14(19)16-7-5-12-6-8-18(2)17-12/h3-4,6,8-9H,5,7,15H2,1-2H3,(H,16,19). The van der Waals surface area contributed by atoms with Crippen LogP contribution in [0.5, 0.6) is 0 Å². The van der Waals surface area contributed by atoms with Crippen molar-refractivity contribution in [2.45, 2.75) is 13.3 Å². The van der Waals surface area contributed by atoms with Crippen molar-refractivity contribution in [1.82, 2.24) is 15.1 Å². The number of carbonyl (C=O) groups is 1. The van der Waals surface area contributed by atoms with E-state index in [0.717, 1.165) is 17.7 Å². The molecule has 0 bridgehead atoms. The van der Waals surface area contributed by atoms with E-state index < -0.39 is 0 Å². The number of aryl methyl sites for hydroxylation is 2. The second-order valence-corrected chi connectivity index (χ2v) is 4.56. The molecule has 0 saturated heterocycles. The maximum absolute atomic E-state index is 11.9. The number of amides is 1. The number of aromatic nitrogens is 2. The Hall–Kier alpha value is -2.30. The number of nitrogens with zero attached hydrogens (tertiary/aromatic N) is 2. The zero-order valence-electron chi connectivity index (χ0n) is 11.2. The molecule has 2 aromatic rings. The van der Waals surface area contributed by atoms with Crippen LogP contribution in [0.3, 0.4) is 0 Å². The van der Waals surface area contributed by atoms with Crippen LogP contribution >= 0.6 is 0 Å². The third-order valence-electron chi connectivity index (χ3n) is 2.97. The minimum absolute atomic E-state index is 0.0842. The molecule has 5 heteroatoms. The van der Waals surface area contributed by atoms with Crippen molar-refractivity contribution in [2.24, 2.45) is 7.05 Å². The number of hydrogen-bond donors (Lipinski definition) is 2. The number of benzene rings is 1. The first-order valence-corrected chi connectivity index (χ1v) is 6.19. The molecule has 5 nitrogen and oxygen atoms in total. The lowest BCUT2D eigenvalue weighted by Crippen LogP contribution is -2.25. The minimum Gasteiger partial charge on any atom is -0.399 e. The van der Waals surface area contributed by atoms with E-state index in [-0.39, 0.29) is 5.91 Å². The Morgan fingerprint density at radius 3 is 2.84 bits per heavy atom. The van der Waals surface area contributed by atoms with Gasteiger partial charge >= 0.3 is 0 Å². The average molecular weight is 258 g/mol. The lowest BCUT2D eigenvalue weighted by Gasteiger charge is -2.06. The fraction of sp³-hybridized carbons (Fsp3) is 0.286. The summed E-state index contributed by atoms with van der Waals surface area (Å²) in [6, 6.07) is 7.23. The summed E-state index contributed by atoms with van der Waals surface area (Å²) in [6.45, 7) is 2.46. The van der Waals surface area contributed by atoms with Crippen LogP contribution in [-0.4, -0.2) is 22.2 Å². The molecule has 1 aromatic heterocycles. The van der Waals surface area contributed by atoms with Crippen LogP contribution in [0.15, 0.2) is 30.5 Å². The number of nitrogens with one attached hydrogen (secondary N) is 1. The van der Waals surface area contributed by atoms with E-state index in [1.807, 2.05) is 26.2 Å². The summed E-state index contributed by atoms with van der Waals surface area (Å²) < 4.78 is 1.75. The fourth-order valence-electron chi connectivity index (χ4n) is 1.82. The van der Waals surface area contributed by atoms with Crippen molar-refractivity contribution in [3.05, 3.63) is 47.3 Å². The highest BCUT2D eigenvalue weighted by atomic mass is 16.1. The number of hydrogen-bond acceptors (Lipinski definition) is 3. The van der Waals surface area contributed by atoms with E-state index >= 15 is 0 Å². The van der Waals surface area contributed by atoms with Crippen molar-refractivity contribution >= 4 is 11.6 Å². The van der Waals surface area contributed by atoms with Crippen LogP contribution in [0.4, 0.5) is 5.69 Å². The highest BCUT2D eigenvalue weighted by Gasteiger charge is 2.06. The number of nitrogen functional groups attached to an aromatic ring is 1. The molecule has 0 saturated carbocycles. The van der Waals surface area contributed by atoms with Crippen LogP contribution in [0.25, 0.3) is 0 Å². The van der Waals surface area contributed by atoms with Gasteiger partial charge in [0.15, 0.2) is 0 Å². The zero-order valence-corrected chi connectivity index (χ0v) is 11.2. The van der Waals surface area contributed by atoms with Gasteiger partial charge in [0.25, 0.3) is 5.91 Å². The number of carbonyl (C=O) groups excluding carboxylic acids is 1. The zero-order chi connectivity index (χ0) is 13.8. The van der Waals surface area contributed by atoms with Crippen molar-refractivity contribution in [2.75, 3.05) is 12.3 Å². The molecule has 0 fully saturated rings. The van der Waals surface area contributed by atoms with Crippen molar-refractivity contribution in [1.29, 1.82) is 0 Å². The van der Waals surface area contributed by atoms with E-state index in [0.29, 0.717) is 17.8 Å². The molecule has 3 N–H and O–H groups in total. The lowest BCUT2D eigenvalue weighted by atomic mass is 10.1. The quantitative estimate of drug-likeness (QED) is 0.811. The Kier molecular flexibility index (Phi) is 3.85.